The number of carboxylic acid groups (broad SMARTS) is 1. The molecule has 1 N–H and O–H groups in total. The van der Waals surface area contributed by atoms with Crippen molar-refractivity contribution in [1.29, 1.82) is 0 Å². The monoisotopic (exact) mass is 320 g/mol. The van der Waals surface area contributed by atoms with Crippen molar-refractivity contribution in [1.82, 2.24) is 9.80 Å². The number of hydrogen-bond acceptors (Lipinski definition) is 4. The third-order valence-corrected chi connectivity index (χ3v) is 5.56. The normalized spacial score (nSPS) is 21.8. The molecule has 0 radical (unpaired) electrons. The van der Waals surface area contributed by atoms with E-state index in [4.69, 9.17) is 5.11 Å². The maximum absolute atomic E-state index is 12.4. The summed E-state index contributed by atoms with van der Waals surface area (Å²) in [4.78, 5) is 26.0. The third kappa shape index (κ3) is 5.18. The van der Waals surface area contributed by atoms with Crippen LogP contribution in [0.1, 0.15) is 26.7 Å². The van der Waals surface area contributed by atoms with E-state index < -0.39 is 34.4 Å². The zero-order valence-corrected chi connectivity index (χ0v) is 13.6. The van der Waals surface area contributed by atoms with Gasteiger partial charge in [0.1, 0.15) is 6.54 Å². The van der Waals surface area contributed by atoms with Crippen LogP contribution in [0.15, 0.2) is 0 Å². The van der Waals surface area contributed by atoms with E-state index in [2.05, 4.69) is 0 Å². The van der Waals surface area contributed by atoms with Crippen LogP contribution in [0.5, 0.6) is 0 Å². The molecule has 7 nitrogen and oxygen atoms in total. The van der Waals surface area contributed by atoms with Crippen LogP contribution in [-0.4, -0.2) is 73.0 Å². The number of rotatable bonds is 6. The molecule has 8 heteroatoms. The van der Waals surface area contributed by atoms with Crippen molar-refractivity contribution in [3.63, 3.8) is 0 Å². The van der Waals surface area contributed by atoms with E-state index in [1.807, 2.05) is 13.8 Å². The first-order valence-corrected chi connectivity index (χ1v) is 8.92. The lowest BCUT2D eigenvalue weighted by atomic mass is 10.1. The van der Waals surface area contributed by atoms with E-state index in [1.54, 1.807) is 7.05 Å². The first-order valence-electron chi connectivity index (χ1n) is 7.10. The molecule has 0 spiro atoms. The minimum atomic E-state index is -3.17. The molecule has 1 aliphatic rings. The second-order valence-electron chi connectivity index (χ2n) is 5.76. The van der Waals surface area contributed by atoms with Gasteiger partial charge in [-0.1, -0.05) is 20.3 Å². The number of carbonyl (C=O) groups is 2. The zero-order chi connectivity index (χ0) is 16.2. The molecular formula is C13H24N2O5S. The highest BCUT2D eigenvalue weighted by Crippen LogP contribution is 2.19. The maximum Gasteiger partial charge on any atom is 0.323 e. The number of carboxylic acids is 1. The van der Waals surface area contributed by atoms with E-state index in [9.17, 15) is 18.0 Å². The average molecular weight is 320 g/mol. The molecule has 21 heavy (non-hydrogen) atoms. The van der Waals surface area contributed by atoms with Crippen LogP contribution in [0.25, 0.3) is 0 Å². The van der Waals surface area contributed by atoms with Gasteiger partial charge in [0.05, 0.1) is 11.5 Å². The Labute approximate surface area is 125 Å². The van der Waals surface area contributed by atoms with Gasteiger partial charge in [0, 0.05) is 19.6 Å². The Kier molecular flexibility index (Phi) is 6.00. The quantitative estimate of drug-likeness (QED) is 0.775. The topological polar surface area (TPSA) is 95.0 Å². The highest BCUT2D eigenvalue weighted by atomic mass is 32.2. The molecule has 1 aliphatic heterocycles. The van der Waals surface area contributed by atoms with E-state index in [0.717, 1.165) is 6.42 Å². The lowest BCUT2D eigenvalue weighted by molar-refractivity contribution is -0.138. The van der Waals surface area contributed by atoms with Crippen LogP contribution in [0, 0.1) is 5.92 Å². The van der Waals surface area contributed by atoms with Crippen LogP contribution < -0.4 is 0 Å². The molecule has 122 valence electrons. The van der Waals surface area contributed by atoms with Crippen LogP contribution in [0.3, 0.4) is 0 Å². The zero-order valence-electron chi connectivity index (χ0n) is 12.8. The minimum Gasteiger partial charge on any atom is -0.480 e. The van der Waals surface area contributed by atoms with Gasteiger partial charge in [-0.3, -0.25) is 4.79 Å². The van der Waals surface area contributed by atoms with E-state index >= 15 is 0 Å². The van der Waals surface area contributed by atoms with Gasteiger partial charge in [-0.05, 0) is 12.3 Å². The number of sulfone groups is 1. The summed E-state index contributed by atoms with van der Waals surface area (Å²) in [6.45, 7) is 4.07. The molecule has 1 fully saturated rings. The molecular weight excluding hydrogens is 296 g/mol. The molecule has 2 unspecified atom stereocenters. The van der Waals surface area contributed by atoms with E-state index in [-0.39, 0.29) is 11.5 Å². The molecule has 0 bridgehead atoms. The molecule has 0 aliphatic carbocycles. The molecule has 1 rings (SSSR count). The van der Waals surface area contributed by atoms with Crippen LogP contribution in [0.4, 0.5) is 4.79 Å². The molecule has 0 aromatic carbocycles. The Bertz CT molecular complexity index is 491. The van der Waals surface area contributed by atoms with Crippen LogP contribution >= 0.6 is 0 Å². The Morgan fingerprint density at radius 2 is 2.00 bits per heavy atom. The summed E-state index contributed by atoms with van der Waals surface area (Å²) in [5.74, 6) is -0.971. The van der Waals surface area contributed by atoms with Gasteiger partial charge in [-0.2, -0.15) is 0 Å². The summed E-state index contributed by atoms with van der Waals surface area (Å²) in [7, 11) is -1.55. The summed E-state index contributed by atoms with van der Waals surface area (Å²) >= 11 is 0. The van der Waals surface area contributed by atoms with Crippen molar-refractivity contribution >= 4 is 21.8 Å². The third-order valence-electron chi connectivity index (χ3n) is 3.81. The van der Waals surface area contributed by atoms with Crippen molar-refractivity contribution in [2.24, 2.45) is 5.92 Å². The second-order valence-corrected chi connectivity index (χ2v) is 7.98. The minimum absolute atomic E-state index is 0.0101. The molecule has 2 amide bonds. The van der Waals surface area contributed by atoms with Gasteiger partial charge < -0.3 is 14.9 Å². The highest BCUT2D eigenvalue weighted by Gasteiger charge is 2.36. The van der Waals surface area contributed by atoms with E-state index in [0.29, 0.717) is 18.9 Å². The molecule has 0 saturated carbocycles. The lowest BCUT2D eigenvalue weighted by Gasteiger charge is -2.32. The van der Waals surface area contributed by atoms with Crippen molar-refractivity contribution < 1.29 is 23.1 Å². The molecule has 1 heterocycles. The van der Waals surface area contributed by atoms with Crippen molar-refractivity contribution in [2.45, 2.75) is 32.7 Å². The molecule has 1 saturated heterocycles. The van der Waals surface area contributed by atoms with Crippen LogP contribution in [-0.2, 0) is 14.6 Å². The fraction of sp³-hybridized carbons (Fsp3) is 0.846. The van der Waals surface area contributed by atoms with Crippen molar-refractivity contribution in [3.05, 3.63) is 0 Å². The van der Waals surface area contributed by atoms with Gasteiger partial charge in [-0.25, -0.2) is 13.2 Å². The number of carbonyl (C=O) groups excluding carboxylic acids is 1. The first-order chi connectivity index (χ1) is 9.66. The maximum atomic E-state index is 12.4. The van der Waals surface area contributed by atoms with Gasteiger partial charge in [0.25, 0.3) is 0 Å². The van der Waals surface area contributed by atoms with Crippen molar-refractivity contribution in [2.75, 3.05) is 31.6 Å². The standard InChI is InChI=1S/C13H24N2O5S/c1-4-10(2)7-14(3)13(18)15(8-12(16)17)11-5-6-21(19,20)9-11/h10-11H,4-9H2,1-3H3,(H,16,17). The Hall–Kier alpha value is -1.31. The largest absolute Gasteiger partial charge is 0.480 e. The smallest absolute Gasteiger partial charge is 0.323 e. The van der Waals surface area contributed by atoms with Gasteiger partial charge in [0.15, 0.2) is 9.84 Å². The highest BCUT2D eigenvalue weighted by molar-refractivity contribution is 7.91. The van der Waals surface area contributed by atoms with Crippen molar-refractivity contribution in [3.8, 4) is 0 Å². The number of aliphatic carboxylic acids is 1. The Morgan fingerprint density at radius 1 is 1.38 bits per heavy atom. The Balaban J connectivity index is 2.82. The predicted octanol–water partition coefficient (Wildman–Crippen LogP) is 0.658. The summed E-state index contributed by atoms with van der Waals surface area (Å²) < 4.78 is 23.1. The average Bonchev–Trinajstić information content (AvgIpc) is 2.74. The van der Waals surface area contributed by atoms with E-state index in [1.165, 1.54) is 9.80 Å². The number of hydrogen-bond donors (Lipinski definition) is 1. The summed E-state index contributed by atoms with van der Waals surface area (Å²) in [5, 5.41) is 8.97. The van der Waals surface area contributed by atoms with Gasteiger partial charge in [-0.15, -0.1) is 0 Å². The molecule has 0 aromatic heterocycles. The first kappa shape index (κ1) is 17.7. The Morgan fingerprint density at radius 3 is 2.43 bits per heavy atom. The lowest BCUT2D eigenvalue weighted by Crippen LogP contribution is -2.50. The molecule has 2 atom stereocenters. The number of nitrogens with zero attached hydrogens (tertiary/aromatic N) is 2. The molecule has 0 aromatic rings. The summed E-state index contributed by atoms with van der Waals surface area (Å²) in [5.41, 5.74) is 0. The fourth-order valence-corrected chi connectivity index (χ4v) is 4.14. The number of urea groups is 1. The summed E-state index contributed by atoms with van der Waals surface area (Å²) in [6.07, 6.45) is 1.22. The fourth-order valence-electron chi connectivity index (χ4n) is 2.41. The number of amides is 2. The second kappa shape index (κ2) is 7.11. The van der Waals surface area contributed by atoms with Crippen LogP contribution in [0.2, 0.25) is 0 Å². The predicted molar refractivity (Wildman–Crippen MR) is 78.9 cm³/mol. The van der Waals surface area contributed by atoms with Gasteiger partial charge >= 0.3 is 12.0 Å². The van der Waals surface area contributed by atoms with Gasteiger partial charge in [0.2, 0.25) is 0 Å². The SMILES string of the molecule is CCC(C)CN(C)C(=O)N(CC(=O)O)C1CCS(=O)(=O)C1. The summed E-state index contributed by atoms with van der Waals surface area (Å²) in [6, 6.07) is -0.960.